The van der Waals surface area contributed by atoms with Crippen molar-refractivity contribution in [3.63, 3.8) is 0 Å². The number of hydrogen-bond acceptors (Lipinski definition) is 2. The third-order valence-electron chi connectivity index (χ3n) is 1.99. The molecule has 0 aliphatic heterocycles. The molecule has 0 aliphatic carbocycles. The molecule has 1 aromatic rings. The van der Waals surface area contributed by atoms with Gasteiger partial charge in [0.1, 0.15) is 5.82 Å². The molecule has 1 amide bonds. The van der Waals surface area contributed by atoms with Crippen molar-refractivity contribution in [1.29, 1.82) is 0 Å². The summed E-state index contributed by atoms with van der Waals surface area (Å²) in [7, 11) is 0. The second-order valence-electron chi connectivity index (χ2n) is 3.23. The molecule has 0 fully saturated rings. The number of rotatable bonds is 5. The Balaban J connectivity index is 2.53. The van der Waals surface area contributed by atoms with Gasteiger partial charge >= 0.3 is 0 Å². The van der Waals surface area contributed by atoms with Gasteiger partial charge in [0.2, 0.25) is 0 Å². The fourth-order valence-electron chi connectivity index (χ4n) is 1.19. The molecule has 0 radical (unpaired) electrons. The monoisotopic (exact) mass is 305 g/mol. The Bertz CT molecular complexity index is 373. The van der Waals surface area contributed by atoms with E-state index in [0.29, 0.717) is 11.0 Å². The lowest BCUT2D eigenvalue weighted by molar-refractivity contribution is 0.0950. The van der Waals surface area contributed by atoms with Crippen molar-refractivity contribution >= 4 is 33.6 Å². The van der Waals surface area contributed by atoms with Gasteiger partial charge in [-0.15, -0.1) is 0 Å². The highest BCUT2D eigenvalue weighted by Gasteiger charge is 2.10. The summed E-state index contributed by atoms with van der Waals surface area (Å²) < 4.78 is 14.0. The first-order valence-electron chi connectivity index (χ1n) is 4.87. The third-order valence-corrected chi connectivity index (χ3v) is 3.18. The Morgan fingerprint density at radius 1 is 1.56 bits per heavy atom. The molecule has 0 unspecified atom stereocenters. The van der Waals surface area contributed by atoms with Gasteiger partial charge in [0, 0.05) is 11.0 Å². The van der Waals surface area contributed by atoms with Gasteiger partial charge in [0.25, 0.3) is 5.91 Å². The average Bonchev–Trinajstić information content (AvgIpc) is 2.24. The largest absolute Gasteiger partial charge is 0.352 e. The van der Waals surface area contributed by atoms with Crippen LogP contribution in [0.15, 0.2) is 22.7 Å². The van der Waals surface area contributed by atoms with Crippen LogP contribution in [0.2, 0.25) is 0 Å². The van der Waals surface area contributed by atoms with E-state index in [2.05, 4.69) is 21.2 Å². The van der Waals surface area contributed by atoms with Crippen molar-refractivity contribution in [3.05, 3.63) is 34.1 Å². The predicted octanol–water partition coefficient (Wildman–Crippen LogP) is 3.07. The quantitative estimate of drug-likeness (QED) is 0.847. The number of nitrogens with one attached hydrogen (secondary N) is 1. The van der Waals surface area contributed by atoms with Crippen molar-refractivity contribution < 1.29 is 9.18 Å². The van der Waals surface area contributed by atoms with Crippen molar-refractivity contribution in [2.24, 2.45) is 0 Å². The zero-order chi connectivity index (χ0) is 12.0. The summed E-state index contributed by atoms with van der Waals surface area (Å²) in [5, 5.41) is 2.69. The standard InChI is InChI=1S/C11H13BrFNOS/c1-16-6-2-5-14-11(15)9-4-3-8(12)7-10(9)13/h3-4,7H,2,5-6H2,1H3,(H,14,15). The molecule has 0 bridgehead atoms. The van der Waals surface area contributed by atoms with Crippen molar-refractivity contribution in [1.82, 2.24) is 5.32 Å². The lowest BCUT2D eigenvalue weighted by Crippen LogP contribution is -2.25. The summed E-state index contributed by atoms with van der Waals surface area (Å²) in [4.78, 5) is 11.6. The van der Waals surface area contributed by atoms with E-state index in [1.54, 1.807) is 17.8 Å². The molecule has 5 heteroatoms. The summed E-state index contributed by atoms with van der Waals surface area (Å²) in [5.74, 6) is 0.131. The van der Waals surface area contributed by atoms with E-state index in [1.165, 1.54) is 12.1 Å². The minimum absolute atomic E-state index is 0.0901. The Morgan fingerprint density at radius 3 is 2.94 bits per heavy atom. The van der Waals surface area contributed by atoms with Crippen LogP contribution < -0.4 is 5.32 Å². The Morgan fingerprint density at radius 2 is 2.31 bits per heavy atom. The summed E-state index contributed by atoms with van der Waals surface area (Å²) in [6.07, 6.45) is 2.90. The molecule has 16 heavy (non-hydrogen) atoms. The molecule has 0 saturated heterocycles. The van der Waals surface area contributed by atoms with E-state index >= 15 is 0 Å². The van der Waals surface area contributed by atoms with Gasteiger partial charge in [-0.3, -0.25) is 4.79 Å². The summed E-state index contributed by atoms with van der Waals surface area (Å²) in [6.45, 7) is 0.579. The first-order chi connectivity index (χ1) is 7.65. The molecule has 0 aromatic heterocycles. The molecule has 88 valence electrons. The number of benzene rings is 1. The third kappa shape index (κ3) is 4.14. The van der Waals surface area contributed by atoms with Crippen molar-refractivity contribution in [2.75, 3.05) is 18.6 Å². The Labute approximate surface area is 107 Å². The van der Waals surface area contributed by atoms with Gasteiger partial charge in [0.15, 0.2) is 0 Å². The molecule has 0 atom stereocenters. The lowest BCUT2D eigenvalue weighted by atomic mass is 10.2. The van der Waals surface area contributed by atoms with Crippen LogP contribution in [0, 0.1) is 5.82 Å². The van der Waals surface area contributed by atoms with Crippen LogP contribution in [0.5, 0.6) is 0 Å². The zero-order valence-corrected chi connectivity index (χ0v) is 11.3. The van der Waals surface area contributed by atoms with Gasteiger partial charge < -0.3 is 5.32 Å². The number of hydrogen-bond donors (Lipinski definition) is 1. The van der Waals surface area contributed by atoms with Gasteiger partial charge in [-0.1, -0.05) is 15.9 Å². The molecule has 0 heterocycles. The fourth-order valence-corrected chi connectivity index (χ4v) is 1.95. The molecular weight excluding hydrogens is 293 g/mol. The molecule has 0 saturated carbocycles. The molecular formula is C11H13BrFNOS. The maximum atomic E-state index is 13.4. The van der Waals surface area contributed by atoms with E-state index in [-0.39, 0.29) is 11.5 Å². The fraction of sp³-hybridized carbons (Fsp3) is 0.364. The normalized spacial score (nSPS) is 10.2. The molecule has 1 rings (SSSR count). The molecule has 1 aromatic carbocycles. The summed E-state index contributed by atoms with van der Waals surface area (Å²) in [6, 6.07) is 4.42. The van der Waals surface area contributed by atoms with Crippen molar-refractivity contribution in [2.45, 2.75) is 6.42 Å². The maximum absolute atomic E-state index is 13.4. The van der Waals surface area contributed by atoms with Crippen LogP contribution in [0.3, 0.4) is 0 Å². The highest BCUT2D eigenvalue weighted by Crippen LogP contribution is 2.15. The second kappa shape index (κ2) is 6.91. The minimum Gasteiger partial charge on any atom is -0.352 e. The van der Waals surface area contributed by atoms with Crippen LogP contribution in [-0.2, 0) is 0 Å². The van der Waals surface area contributed by atoms with E-state index in [0.717, 1.165) is 12.2 Å². The number of carbonyl (C=O) groups is 1. The van der Waals surface area contributed by atoms with Crippen LogP contribution in [0.4, 0.5) is 4.39 Å². The van der Waals surface area contributed by atoms with Crippen LogP contribution in [0.1, 0.15) is 16.8 Å². The minimum atomic E-state index is -0.503. The maximum Gasteiger partial charge on any atom is 0.254 e. The van der Waals surface area contributed by atoms with Crippen LogP contribution in [-0.4, -0.2) is 24.5 Å². The number of amides is 1. The van der Waals surface area contributed by atoms with Crippen molar-refractivity contribution in [3.8, 4) is 0 Å². The van der Waals surface area contributed by atoms with Gasteiger partial charge in [-0.2, -0.15) is 11.8 Å². The predicted molar refractivity (Wildman–Crippen MR) is 69.4 cm³/mol. The zero-order valence-electron chi connectivity index (χ0n) is 8.93. The molecule has 2 nitrogen and oxygen atoms in total. The lowest BCUT2D eigenvalue weighted by Gasteiger charge is -2.05. The summed E-state index contributed by atoms with van der Waals surface area (Å²) >= 11 is 4.87. The molecule has 0 spiro atoms. The highest BCUT2D eigenvalue weighted by atomic mass is 79.9. The number of halogens is 2. The first kappa shape index (κ1) is 13.5. The Hall–Kier alpha value is -0.550. The van der Waals surface area contributed by atoms with Crippen LogP contribution in [0.25, 0.3) is 0 Å². The van der Waals surface area contributed by atoms with Gasteiger partial charge in [-0.25, -0.2) is 4.39 Å². The number of thioether (sulfide) groups is 1. The van der Waals surface area contributed by atoms with E-state index in [4.69, 9.17) is 0 Å². The second-order valence-corrected chi connectivity index (χ2v) is 5.13. The van der Waals surface area contributed by atoms with Crippen LogP contribution >= 0.6 is 27.7 Å². The van der Waals surface area contributed by atoms with E-state index in [1.807, 2.05) is 6.26 Å². The highest BCUT2D eigenvalue weighted by molar-refractivity contribution is 9.10. The topological polar surface area (TPSA) is 29.1 Å². The average molecular weight is 306 g/mol. The SMILES string of the molecule is CSCCCNC(=O)c1ccc(Br)cc1F. The smallest absolute Gasteiger partial charge is 0.254 e. The van der Waals surface area contributed by atoms with E-state index < -0.39 is 5.82 Å². The summed E-state index contributed by atoms with van der Waals surface area (Å²) in [5.41, 5.74) is 0.0901. The van der Waals surface area contributed by atoms with Gasteiger partial charge in [0.05, 0.1) is 5.56 Å². The van der Waals surface area contributed by atoms with Gasteiger partial charge in [-0.05, 0) is 36.6 Å². The van der Waals surface area contributed by atoms with E-state index in [9.17, 15) is 9.18 Å². The Kier molecular flexibility index (Phi) is 5.84. The molecule has 1 N–H and O–H groups in total. The number of carbonyl (C=O) groups excluding carboxylic acids is 1. The molecule has 0 aliphatic rings. The first-order valence-corrected chi connectivity index (χ1v) is 7.06.